The number of rotatable bonds is 8. The SMILES string of the molecule is CCCc1nccn1C(C)CC(C)(NCC)C(=O)OC. The van der Waals surface area contributed by atoms with Gasteiger partial charge in [-0.2, -0.15) is 0 Å². The Labute approximate surface area is 121 Å². The van der Waals surface area contributed by atoms with Gasteiger partial charge in [0.1, 0.15) is 11.4 Å². The topological polar surface area (TPSA) is 56.2 Å². The number of nitrogens with zero attached hydrogens (tertiary/aromatic N) is 2. The van der Waals surface area contributed by atoms with E-state index < -0.39 is 5.54 Å². The molecule has 1 aromatic heterocycles. The number of aryl methyl sites for hydroxylation is 1. The van der Waals surface area contributed by atoms with E-state index in [1.165, 1.54) is 7.11 Å². The highest BCUT2D eigenvalue weighted by Gasteiger charge is 2.35. The number of imidazole rings is 1. The molecule has 0 saturated carbocycles. The summed E-state index contributed by atoms with van der Waals surface area (Å²) in [5.41, 5.74) is -0.670. The third-order valence-electron chi connectivity index (χ3n) is 3.60. The Bertz CT molecular complexity index is 431. The molecule has 0 spiro atoms. The predicted molar refractivity (Wildman–Crippen MR) is 79.6 cm³/mol. The number of carbonyl (C=O) groups is 1. The van der Waals surface area contributed by atoms with Crippen LogP contribution in [0.25, 0.3) is 0 Å². The highest BCUT2D eigenvalue weighted by atomic mass is 16.5. The molecule has 2 unspecified atom stereocenters. The second-order valence-electron chi connectivity index (χ2n) is 5.41. The van der Waals surface area contributed by atoms with Crippen LogP contribution < -0.4 is 5.32 Å². The van der Waals surface area contributed by atoms with Gasteiger partial charge in [0.2, 0.25) is 0 Å². The molecule has 0 amide bonds. The Kier molecular flexibility index (Phi) is 6.20. The van der Waals surface area contributed by atoms with Crippen LogP contribution in [-0.2, 0) is 16.0 Å². The normalized spacial score (nSPS) is 15.7. The predicted octanol–water partition coefficient (Wildman–Crippen LogP) is 2.33. The maximum atomic E-state index is 12.0. The number of aromatic nitrogens is 2. The van der Waals surface area contributed by atoms with Gasteiger partial charge in [-0.05, 0) is 33.2 Å². The van der Waals surface area contributed by atoms with Crippen molar-refractivity contribution in [2.45, 2.75) is 58.5 Å². The maximum absolute atomic E-state index is 12.0. The Morgan fingerprint density at radius 2 is 2.25 bits per heavy atom. The van der Waals surface area contributed by atoms with Gasteiger partial charge in [0, 0.05) is 24.9 Å². The lowest BCUT2D eigenvalue weighted by Crippen LogP contribution is -2.51. The van der Waals surface area contributed by atoms with Crippen molar-refractivity contribution in [2.75, 3.05) is 13.7 Å². The summed E-state index contributed by atoms with van der Waals surface area (Å²) in [5.74, 6) is 0.854. The molecule has 1 rings (SSSR count). The van der Waals surface area contributed by atoms with Crippen LogP contribution in [0.2, 0.25) is 0 Å². The minimum absolute atomic E-state index is 0.183. The average Bonchev–Trinajstić information content (AvgIpc) is 2.86. The molecule has 1 heterocycles. The third-order valence-corrected chi connectivity index (χ3v) is 3.60. The van der Waals surface area contributed by atoms with Crippen molar-refractivity contribution in [2.24, 2.45) is 0 Å². The molecule has 2 atom stereocenters. The van der Waals surface area contributed by atoms with Crippen molar-refractivity contribution >= 4 is 5.97 Å². The minimum Gasteiger partial charge on any atom is -0.468 e. The van der Waals surface area contributed by atoms with Crippen molar-refractivity contribution in [3.8, 4) is 0 Å². The van der Waals surface area contributed by atoms with Gasteiger partial charge in [0.15, 0.2) is 0 Å². The minimum atomic E-state index is -0.670. The first kappa shape index (κ1) is 16.7. The van der Waals surface area contributed by atoms with Crippen molar-refractivity contribution < 1.29 is 9.53 Å². The number of esters is 1. The van der Waals surface area contributed by atoms with Gasteiger partial charge < -0.3 is 14.6 Å². The Balaban J connectivity index is 2.87. The zero-order chi connectivity index (χ0) is 15.2. The van der Waals surface area contributed by atoms with Crippen molar-refractivity contribution in [1.82, 2.24) is 14.9 Å². The molecule has 0 fully saturated rings. The summed E-state index contributed by atoms with van der Waals surface area (Å²) in [6, 6.07) is 0.183. The van der Waals surface area contributed by atoms with Crippen molar-refractivity contribution in [3.05, 3.63) is 18.2 Å². The highest BCUT2D eigenvalue weighted by Crippen LogP contribution is 2.23. The van der Waals surface area contributed by atoms with E-state index in [1.807, 2.05) is 26.2 Å². The molecule has 0 aromatic carbocycles. The van der Waals surface area contributed by atoms with Crippen LogP contribution in [0.4, 0.5) is 0 Å². The Hall–Kier alpha value is -1.36. The van der Waals surface area contributed by atoms with Crippen LogP contribution in [0, 0.1) is 0 Å². The summed E-state index contributed by atoms with van der Waals surface area (Å²) in [4.78, 5) is 16.4. The zero-order valence-electron chi connectivity index (χ0n) is 13.3. The second kappa shape index (κ2) is 7.43. The zero-order valence-corrected chi connectivity index (χ0v) is 13.3. The number of carbonyl (C=O) groups excluding carboxylic acids is 1. The number of hydrogen-bond donors (Lipinski definition) is 1. The van der Waals surface area contributed by atoms with Gasteiger partial charge in [-0.1, -0.05) is 13.8 Å². The largest absolute Gasteiger partial charge is 0.468 e. The fraction of sp³-hybridized carbons (Fsp3) is 0.733. The van der Waals surface area contributed by atoms with Gasteiger partial charge in [-0.15, -0.1) is 0 Å². The Morgan fingerprint density at radius 1 is 1.55 bits per heavy atom. The van der Waals surface area contributed by atoms with Crippen LogP contribution in [0.15, 0.2) is 12.4 Å². The van der Waals surface area contributed by atoms with Crippen LogP contribution in [0.1, 0.15) is 52.4 Å². The van der Waals surface area contributed by atoms with E-state index >= 15 is 0 Å². The van der Waals surface area contributed by atoms with Crippen LogP contribution in [0.5, 0.6) is 0 Å². The number of hydrogen-bond acceptors (Lipinski definition) is 4. The first-order valence-electron chi connectivity index (χ1n) is 7.33. The average molecular weight is 281 g/mol. The Morgan fingerprint density at radius 3 is 2.80 bits per heavy atom. The van der Waals surface area contributed by atoms with Crippen LogP contribution in [0.3, 0.4) is 0 Å². The van der Waals surface area contributed by atoms with Crippen molar-refractivity contribution in [1.29, 1.82) is 0 Å². The fourth-order valence-corrected chi connectivity index (χ4v) is 2.69. The summed E-state index contributed by atoms with van der Waals surface area (Å²) in [6.45, 7) is 8.87. The molecular weight excluding hydrogens is 254 g/mol. The summed E-state index contributed by atoms with van der Waals surface area (Å²) in [6.07, 6.45) is 6.49. The fourth-order valence-electron chi connectivity index (χ4n) is 2.69. The van der Waals surface area contributed by atoms with E-state index in [-0.39, 0.29) is 12.0 Å². The highest BCUT2D eigenvalue weighted by molar-refractivity contribution is 5.80. The van der Waals surface area contributed by atoms with Gasteiger partial charge in [0.25, 0.3) is 0 Å². The molecule has 114 valence electrons. The van der Waals surface area contributed by atoms with E-state index in [0.29, 0.717) is 6.42 Å². The summed E-state index contributed by atoms with van der Waals surface area (Å²) in [7, 11) is 1.43. The first-order valence-corrected chi connectivity index (χ1v) is 7.33. The molecule has 0 aliphatic rings. The molecule has 0 aliphatic carbocycles. The van der Waals surface area contributed by atoms with Crippen LogP contribution in [-0.4, -0.2) is 34.7 Å². The molecule has 0 bridgehead atoms. The lowest BCUT2D eigenvalue weighted by Gasteiger charge is -2.31. The molecule has 1 N–H and O–H groups in total. The van der Waals surface area contributed by atoms with E-state index in [4.69, 9.17) is 4.74 Å². The lowest BCUT2D eigenvalue weighted by molar-refractivity contribution is -0.148. The monoisotopic (exact) mass is 281 g/mol. The third kappa shape index (κ3) is 3.82. The van der Waals surface area contributed by atoms with Crippen LogP contribution >= 0.6 is 0 Å². The standard InChI is InChI=1S/C15H27N3O2/c1-6-8-13-16-9-10-18(13)12(3)11-15(4,17-7-2)14(19)20-5/h9-10,12,17H,6-8,11H2,1-5H3. The van der Waals surface area contributed by atoms with E-state index in [1.54, 1.807) is 0 Å². The van der Waals surface area contributed by atoms with E-state index in [9.17, 15) is 4.79 Å². The van der Waals surface area contributed by atoms with Gasteiger partial charge in [-0.3, -0.25) is 4.79 Å². The van der Waals surface area contributed by atoms with Gasteiger partial charge >= 0.3 is 5.97 Å². The summed E-state index contributed by atoms with van der Waals surface area (Å²) in [5, 5.41) is 3.25. The number of ether oxygens (including phenoxy) is 1. The van der Waals surface area contributed by atoms with Gasteiger partial charge in [0.05, 0.1) is 7.11 Å². The molecule has 0 radical (unpaired) electrons. The number of likely N-dealkylation sites (N-methyl/N-ethyl adjacent to an activating group) is 1. The molecule has 0 saturated heterocycles. The van der Waals surface area contributed by atoms with E-state index in [0.717, 1.165) is 25.2 Å². The summed E-state index contributed by atoms with van der Waals surface area (Å²) >= 11 is 0. The smallest absolute Gasteiger partial charge is 0.325 e. The number of methoxy groups -OCH3 is 1. The molecule has 20 heavy (non-hydrogen) atoms. The quantitative estimate of drug-likeness (QED) is 0.743. The summed E-state index contributed by atoms with van der Waals surface area (Å²) < 4.78 is 7.09. The maximum Gasteiger partial charge on any atom is 0.325 e. The lowest BCUT2D eigenvalue weighted by atomic mass is 9.93. The molecule has 0 aliphatic heterocycles. The van der Waals surface area contributed by atoms with Crippen molar-refractivity contribution in [3.63, 3.8) is 0 Å². The molecule has 5 heteroatoms. The van der Waals surface area contributed by atoms with E-state index in [2.05, 4.69) is 28.7 Å². The number of nitrogens with one attached hydrogen (secondary N) is 1. The van der Waals surface area contributed by atoms with Gasteiger partial charge in [-0.25, -0.2) is 4.98 Å². The second-order valence-corrected chi connectivity index (χ2v) is 5.41. The molecule has 1 aromatic rings. The first-order chi connectivity index (χ1) is 9.48. The molecule has 5 nitrogen and oxygen atoms in total. The molecular formula is C15H27N3O2.